The molecular formula is C59H107NO5. The topological polar surface area (TPSA) is 95.9 Å². The second kappa shape index (κ2) is 52.5. The molecule has 0 spiro atoms. The van der Waals surface area contributed by atoms with Gasteiger partial charge in [-0.25, -0.2) is 0 Å². The molecule has 0 saturated carbocycles. The average Bonchev–Trinajstić information content (AvgIpc) is 3.30. The number of nitrogens with one attached hydrogen (secondary N) is 1. The number of carbonyl (C=O) groups is 2. The Morgan fingerprint density at radius 1 is 0.462 bits per heavy atom. The van der Waals surface area contributed by atoms with E-state index in [1.54, 1.807) is 0 Å². The van der Waals surface area contributed by atoms with Crippen LogP contribution in [0.1, 0.15) is 278 Å². The largest absolute Gasteiger partial charge is 0.462 e. The lowest BCUT2D eigenvalue weighted by atomic mass is 10.0. The van der Waals surface area contributed by atoms with Crippen LogP contribution in [0.25, 0.3) is 0 Å². The second-order valence-corrected chi connectivity index (χ2v) is 19.0. The summed E-state index contributed by atoms with van der Waals surface area (Å²) in [6, 6.07) is -0.722. The van der Waals surface area contributed by atoms with Gasteiger partial charge in [-0.3, -0.25) is 9.59 Å². The molecule has 378 valence electrons. The van der Waals surface area contributed by atoms with E-state index in [-0.39, 0.29) is 24.9 Å². The summed E-state index contributed by atoms with van der Waals surface area (Å²) in [5.74, 6) is -0.541. The summed E-state index contributed by atoms with van der Waals surface area (Å²) >= 11 is 0. The van der Waals surface area contributed by atoms with Crippen molar-refractivity contribution < 1.29 is 24.5 Å². The smallest absolute Gasteiger partial charge is 0.306 e. The van der Waals surface area contributed by atoms with Crippen molar-refractivity contribution >= 4 is 11.9 Å². The Morgan fingerprint density at radius 2 is 0.846 bits per heavy atom. The molecule has 0 fully saturated rings. The Labute approximate surface area is 403 Å². The number of aliphatic hydroxyl groups excluding tert-OH is 2. The molecule has 0 aromatic carbocycles. The fourth-order valence-electron chi connectivity index (χ4n) is 8.32. The molecule has 0 aromatic heterocycles. The molecule has 0 aliphatic rings. The van der Waals surface area contributed by atoms with Crippen LogP contribution in [0.5, 0.6) is 0 Å². The number of aliphatic hydroxyl groups is 2. The van der Waals surface area contributed by atoms with Crippen LogP contribution in [0.2, 0.25) is 0 Å². The van der Waals surface area contributed by atoms with Crippen molar-refractivity contribution in [3.05, 3.63) is 60.8 Å². The molecule has 6 nitrogen and oxygen atoms in total. The maximum atomic E-state index is 13.2. The van der Waals surface area contributed by atoms with Crippen molar-refractivity contribution in [1.29, 1.82) is 0 Å². The third-order valence-corrected chi connectivity index (χ3v) is 12.6. The summed E-state index contributed by atoms with van der Waals surface area (Å²) in [7, 11) is 0. The van der Waals surface area contributed by atoms with Crippen molar-refractivity contribution in [1.82, 2.24) is 5.32 Å². The van der Waals surface area contributed by atoms with Gasteiger partial charge in [-0.05, 0) is 83.5 Å². The maximum Gasteiger partial charge on any atom is 0.306 e. The first kappa shape index (κ1) is 62.6. The third kappa shape index (κ3) is 47.8. The summed E-state index contributed by atoms with van der Waals surface area (Å²) in [6.07, 6.45) is 65.7. The molecule has 0 saturated heterocycles. The van der Waals surface area contributed by atoms with Crippen molar-refractivity contribution in [3.8, 4) is 0 Å². The summed E-state index contributed by atoms with van der Waals surface area (Å²) in [5.41, 5.74) is 0. The first-order valence-corrected chi connectivity index (χ1v) is 28.0. The number of ether oxygens (including phenoxy) is 1. The highest BCUT2D eigenvalue weighted by molar-refractivity contribution is 5.77. The van der Waals surface area contributed by atoms with E-state index in [1.165, 1.54) is 148 Å². The molecule has 0 aliphatic carbocycles. The van der Waals surface area contributed by atoms with Crippen LogP contribution in [0.3, 0.4) is 0 Å². The fraction of sp³-hybridized carbons (Fsp3) is 0.797. The molecule has 3 unspecified atom stereocenters. The molecule has 0 aromatic rings. The lowest BCUT2D eigenvalue weighted by Crippen LogP contribution is -2.46. The zero-order chi connectivity index (χ0) is 47.4. The number of allylic oxidation sites excluding steroid dienone is 10. The lowest BCUT2D eigenvalue weighted by molar-refractivity contribution is -0.151. The number of hydrogen-bond acceptors (Lipinski definition) is 5. The highest BCUT2D eigenvalue weighted by atomic mass is 16.5. The van der Waals surface area contributed by atoms with Gasteiger partial charge in [0.15, 0.2) is 0 Å². The number of carbonyl (C=O) groups excluding carboxylic acids is 2. The Bertz CT molecular complexity index is 1160. The predicted molar refractivity (Wildman–Crippen MR) is 282 cm³/mol. The zero-order valence-electron chi connectivity index (χ0n) is 43.1. The first-order valence-electron chi connectivity index (χ1n) is 28.0. The van der Waals surface area contributed by atoms with E-state index < -0.39 is 18.2 Å². The Balaban J connectivity index is 4.64. The van der Waals surface area contributed by atoms with Gasteiger partial charge in [0.05, 0.1) is 25.2 Å². The van der Waals surface area contributed by atoms with Crippen molar-refractivity contribution in [3.63, 3.8) is 0 Å². The molecule has 3 N–H and O–H groups in total. The minimum atomic E-state index is -0.805. The van der Waals surface area contributed by atoms with E-state index in [9.17, 15) is 19.8 Å². The van der Waals surface area contributed by atoms with Crippen molar-refractivity contribution in [2.75, 3.05) is 6.61 Å². The van der Waals surface area contributed by atoms with Crippen LogP contribution < -0.4 is 5.32 Å². The minimum Gasteiger partial charge on any atom is -0.462 e. The number of hydrogen-bond donors (Lipinski definition) is 3. The Morgan fingerprint density at radius 3 is 1.34 bits per heavy atom. The van der Waals surface area contributed by atoms with Gasteiger partial charge in [0.1, 0.15) is 6.10 Å². The molecule has 0 aliphatic heterocycles. The summed E-state index contributed by atoms with van der Waals surface area (Å²) < 4.78 is 5.91. The number of rotatable bonds is 50. The minimum absolute atomic E-state index is 0.0350. The maximum absolute atomic E-state index is 13.2. The van der Waals surface area contributed by atoms with E-state index in [0.717, 1.165) is 83.5 Å². The van der Waals surface area contributed by atoms with E-state index in [0.29, 0.717) is 19.3 Å². The van der Waals surface area contributed by atoms with Gasteiger partial charge in [-0.2, -0.15) is 0 Å². The number of esters is 1. The summed E-state index contributed by atoms with van der Waals surface area (Å²) in [5, 5.41) is 23.8. The van der Waals surface area contributed by atoms with Gasteiger partial charge >= 0.3 is 5.97 Å². The number of unbranched alkanes of at least 4 members (excludes halogenated alkanes) is 29. The van der Waals surface area contributed by atoms with Crippen LogP contribution in [0.4, 0.5) is 0 Å². The van der Waals surface area contributed by atoms with Gasteiger partial charge in [-0.1, -0.05) is 242 Å². The van der Waals surface area contributed by atoms with E-state index >= 15 is 0 Å². The van der Waals surface area contributed by atoms with E-state index in [1.807, 2.05) is 0 Å². The molecule has 0 rings (SSSR count). The molecule has 65 heavy (non-hydrogen) atoms. The quantitative estimate of drug-likeness (QED) is 0.0245. The SMILES string of the molecule is CCCCC/C=C\C/C=C\C/C=C\CCCCCCC(=O)OC(CCC/C=C/C=C/CCCCCCCCC)CC(=O)NC(CO)C(O)CCCCCCCCCCCCCCCCC. The normalized spacial score (nSPS) is 13.6. The van der Waals surface area contributed by atoms with Gasteiger partial charge < -0.3 is 20.3 Å². The molecule has 1 amide bonds. The summed E-state index contributed by atoms with van der Waals surface area (Å²) in [4.78, 5) is 26.2. The molecule has 0 radical (unpaired) electrons. The Hall–Kier alpha value is -2.44. The standard InChI is InChI=1S/C59H107NO5/c1-4-7-10-13-16-19-22-25-28-29-31-34-37-40-43-46-49-52-59(64)65-55(50-47-44-41-38-35-32-27-24-21-18-15-12-9-6-3)53-58(63)60-56(54-61)57(62)51-48-45-42-39-36-33-30-26-23-20-17-14-11-8-5-2/h16,19,25,28,31-32,34-35,38,41,55-57,61-62H,4-15,17-18,20-24,26-27,29-30,33,36-37,39-40,42-54H2,1-3H3,(H,60,63)/b19-16-,28-25-,34-31-,35-32+,41-38+. The first-order chi connectivity index (χ1) is 32.0. The van der Waals surface area contributed by atoms with E-state index in [2.05, 4.69) is 86.8 Å². The van der Waals surface area contributed by atoms with Crippen LogP contribution >= 0.6 is 0 Å². The van der Waals surface area contributed by atoms with Crippen molar-refractivity contribution in [2.45, 2.75) is 296 Å². The van der Waals surface area contributed by atoms with Crippen LogP contribution in [-0.4, -0.2) is 46.9 Å². The fourth-order valence-corrected chi connectivity index (χ4v) is 8.32. The van der Waals surface area contributed by atoms with Gasteiger partial charge in [0.25, 0.3) is 0 Å². The Kier molecular flexibility index (Phi) is 50.6. The van der Waals surface area contributed by atoms with Crippen LogP contribution in [0.15, 0.2) is 60.8 Å². The summed E-state index contributed by atoms with van der Waals surface area (Å²) in [6.45, 7) is 6.45. The number of amides is 1. The highest BCUT2D eigenvalue weighted by Crippen LogP contribution is 2.17. The zero-order valence-corrected chi connectivity index (χ0v) is 43.1. The molecule has 3 atom stereocenters. The molecular weight excluding hydrogens is 803 g/mol. The monoisotopic (exact) mass is 910 g/mol. The average molecular weight is 911 g/mol. The predicted octanol–water partition coefficient (Wildman–Crippen LogP) is 17.2. The third-order valence-electron chi connectivity index (χ3n) is 12.6. The second-order valence-electron chi connectivity index (χ2n) is 19.0. The molecule has 6 heteroatoms. The van der Waals surface area contributed by atoms with Crippen LogP contribution in [-0.2, 0) is 14.3 Å². The molecule has 0 bridgehead atoms. The molecule has 0 heterocycles. The highest BCUT2D eigenvalue weighted by Gasteiger charge is 2.24. The van der Waals surface area contributed by atoms with Gasteiger partial charge in [-0.15, -0.1) is 0 Å². The van der Waals surface area contributed by atoms with Gasteiger partial charge in [0, 0.05) is 6.42 Å². The lowest BCUT2D eigenvalue weighted by Gasteiger charge is -2.24. The van der Waals surface area contributed by atoms with E-state index in [4.69, 9.17) is 4.74 Å². The van der Waals surface area contributed by atoms with Crippen LogP contribution in [0, 0.1) is 0 Å². The van der Waals surface area contributed by atoms with Gasteiger partial charge in [0.2, 0.25) is 5.91 Å². The van der Waals surface area contributed by atoms with Crippen molar-refractivity contribution in [2.24, 2.45) is 0 Å².